The van der Waals surface area contributed by atoms with Gasteiger partial charge in [-0.05, 0) is 19.1 Å². The highest BCUT2D eigenvalue weighted by Gasteiger charge is 2.19. The molecule has 0 aliphatic heterocycles. The van der Waals surface area contributed by atoms with Crippen LogP contribution in [0.2, 0.25) is 0 Å². The van der Waals surface area contributed by atoms with Crippen LogP contribution in [0.15, 0.2) is 24.4 Å². The van der Waals surface area contributed by atoms with Crippen LogP contribution in [0.3, 0.4) is 0 Å². The Morgan fingerprint density at radius 2 is 2.21 bits per heavy atom. The van der Waals surface area contributed by atoms with Gasteiger partial charge in [-0.2, -0.15) is 5.10 Å². The quantitative estimate of drug-likeness (QED) is 0.891. The van der Waals surface area contributed by atoms with Crippen LogP contribution in [0, 0.1) is 6.92 Å². The Balaban J connectivity index is 2.16. The molecule has 0 saturated carbocycles. The highest BCUT2D eigenvalue weighted by Crippen LogP contribution is 2.13. The third-order valence-corrected chi connectivity index (χ3v) is 2.86. The van der Waals surface area contributed by atoms with Crippen molar-refractivity contribution in [2.75, 3.05) is 12.8 Å². The van der Waals surface area contributed by atoms with Crippen LogP contribution in [0.1, 0.15) is 21.9 Å². The van der Waals surface area contributed by atoms with E-state index >= 15 is 0 Å². The van der Waals surface area contributed by atoms with E-state index in [9.17, 15) is 4.79 Å². The van der Waals surface area contributed by atoms with Crippen LogP contribution in [-0.4, -0.2) is 32.6 Å². The molecule has 0 atom stereocenters. The van der Waals surface area contributed by atoms with Gasteiger partial charge in [0, 0.05) is 19.8 Å². The summed E-state index contributed by atoms with van der Waals surface area (Å²) in [4.78, 5) is 18.2. The highest BCUT2D eigenvalue weighted by molar-refractivity contribution is 5.97. The number of hydrogen-bond donors (Lipinski definition) is 1. The fourth-order valence-corrected chi connectivity index (χ4v) is 1.90. The Morgan fingerprint density at radius 1 is 1.47 bits per heavy atom. The Morgan fingerprint density at radius 3 is 2.79 bits per heavy atom. The number of nitrogens with zero attached hydrogens (tertiary/aromatic N) is 4. The lowest BCUT2D eigenvalue weighted by molar-refractivity contribution is 0.0773. The van der Waals surface area contributed by atoms with Gasteiger partial charge in [0.05, 0.1) is 24.1 Å². The Bertz CT molecular complexity index is 585. The van der Waals surface area contributed by atoms with Crippen molar-refractivity contribution in [2.24, 2.45) is 7.05 Å². The van der Waals surface area contributed by atoms with Crippen molar-refractivity contribution < 1.29 is 4.79 Å². The molecule has 0 aromatic carbocycles. The molecular weight excluding hydrogens is 242 g/mol. The largest absolute Gasteiger partial charge is 0.396 e. The number of aryl methyl sites for hydroxylation is 2. The van der Waals surface area contributed by atoms with E-state index < -0.39 is 0 Å². The lowest BCUT2D eigenvalue weighted by Gasteiger charge is -2.17. The molecule has 100 valence electrons. The van der Waals surface area contributed by atoms with Gasteiger partial charge < -0.3 is 10.6 Å². The van der Waals surface area contributed by atoms with Gasteiger partial charge in [-0.25, -0.2) is 0 Å². The topological polar surface area (TPSA) is 77.0 Å². The molecule has 2 N–H and O–H groups in total. The van der Waals surface area contributed by atoms with Crippen LogP contribution in [0.5, 0.6) is 0 Å². The summed E-state index contributed by atoms with van der Waals surface area (Å²) in [6.45, 7) is 2.36. The van der Waals surface area contributed by atoms with Crippen molar-refractivity contribution in [2.45, 2.75) is 13.5 Å². The summed E-state index contributed by atoms with van der Waals surface area (Å²) < 4.78 is 1.48. The molecule has 2 aromatic heterocycles. The minimum atomic E-state index is -0.166. The summed E-state index contributed by atoms with van der Waals surface area (Å²) in [7, 11) is 3.42. The van der Waals surface area contributed by atoms with E-state index in [1.807, 2.05) is 25.1 Å². The SMILES string of the molecule is Cc1cccc(CN(C)C(=O)c2c(N)cnn2C)n1. The van der Waals surface area contributed by atoms with Crippen LogP contribution in [-0.2, 0) is 13.6 Å². The number of nitrogens with two attached hydrogens (primary N) is 1. The number of aromatic nitrogens is 3. The van der Waals surface area contributed by atoms with Crippen LogP contribution in [0.25, 0.3) is 0 Å². The first-order chi connectivity index (χ1) is 8.99. The fourth-order valence-electron chi connectivity index (χ4n) is 1.90. The van der Waals surface area contributed by atoms with Gasteiger partial charge in [-0.3, -0.25) is 14.5 Å². The number of amides is 1. The van der Waals surface area contributed by atoms with E-state index in [4.69, 9.17) is 5.73 Å². The first-order valence-electron chi connectivity index (χ1n) is 5.94. The summed E-state index contributed by atoms with van der Waals surface area (Å²) >= 11 is 0. The average molecular weight is 259 g/mol. The summed E-state index contributed by atoms with van der Waals surface area (Å²) in [6, 6.07) is 5.74. The minimum absolute atomic E-state index is 0.166. The van der Waals surface area contributed by atoms with Crippen molar-refractivity contribution in [3.05, 3.63) is 41.5 Å². The third kappa shape index (κ3) is 2.73. The summed E-state index contributed by atoms with van der Waals surface area (Å²) in [6.07, 6.45) is 1.48. The first-order valence-corrected chi connectivity index (χ1v) is 5.94. The lowest BCUT2D eigenvalue weighted by atomic mass is 10.2. The second kappa shape index (κ2) is 5.09. The number of rotatable bonds is 3. The number of pyridine rings is 1. The van der Waals surface area contributed by atoms with Gasteiger partial charge in [0.1, 0.15) is 5.69 Å². The molecule has 19 heavy (non-hydrogen) atoms. The second-order valence-electron chi connectivity index (χ2n) is 4.50. The third-order valence-electron chi connectivity index (χ3n) is 2.86. The van der Waals surface area contributed by atoms with E-state index in [0.717, 1.165) is 11.4 Å². The Labute approximate surface area is 111 Å². The molecule has 0 unspecified atom stereocenters. The van der Waals surface area contributed by atoms with Gasteiger partial charge in [0.15, 0.2) is 0 Å². The zero-order valence-corrected chi connectivity index (χ0v) is 11.3. The predicted molar refractivity (Wildman–Crippen MR) is 72.4 cm³/mol. The molecule has 0 saturated heterocycles. The van der Waals surface area contributed by atoms with Gasteiger partial charge >= 0.3 is 0 Å². The van der Waals surface area contributed by atoms with E-state index in [1.54, 1.807) is 19.0 Å². The second-order valence-corrected chi connectivity index (χ2v) is 4.50. The number of carbonyl (C=O) groups is 1. The predicted octanol–water partition coefficient (Wildman–Crippen LogP) is 0.978. The van der Waals surface area contributed by atoms with Gasteiger partial charge in [-0.1, -0.05) is 6.07 Å². The molecule has 0 fully saturated rings. The van der Waals surface area contributed by atoms with E-state index in [-0.39, 0.29) is 5.91 Å². The maximum Gasteiger partial charge on any atom is 0.274 e. The van der Waals surface area contributed by atoms with E-state index in [2.05, 4.69) is 10.1 Å². The fraction of sp³-hybridized carbons (Fsp3) is 0.308. The summed E-state index contributed by atoms with van der Waals surface area (Å²) in [5.41, 5.74) is 8.31. The van der Waals surface area contributed by atoms with Gasteiger partial charge in [-0.15, -0.1) is 0 Å². The molecular formula is C13H17N5O. The van der Waals surface area contributed by atoms with Crippen LogP contribution >= 0.6 is 0 Å². The molecule has 2 rings (SSSR count). The molecule has 0 radical (unpaired) electrons. The molecule has 6 nitrogen and oxygen atoms in total. The molecule has 0 aliphatic carbocycles. The smallest absolute Gasteiger partial charge is 0.274 e. The number of nitrogen functional groups attached to an aromatic ring is 1. The number of carbonyl (C=O) groups excluding carboxylic acids is 1. The monoisotopic (exact) mass is 259 g/mol. The van der Waals surface area contributed by atoms with E-state index in [1.165, 1.54) is 10.9 Å². The van der Waals surface area contributed by atoms with Crippen molar-refractivity contribution >= 4 is 11.6 Å². The number of hydrogen-bond acceptors (Lipinski definition) is 4. The normalized spacial score (nSPS) is 10.5. The summed E-state index contributed by atoms with van der Waals surface area (Å²) in [5.74, 6) is -0.166. The zero-order chi connectivity index (χ0) is 14.0. The lowest BCUT2D eigenvalue weighted by Crippen LogP contribution is -2.29. The van der Waals surface area contributed by atoms with E-state index in [0.29, 0.717) is 17.9 Å². The zero-order valence-electron chi connectivity index (χ0n) is 11.3. The molecule has 0 aliphatic rings. The minimum Gasteiger partial charge on any atom is -0.396 e. The van der Waals surface area contributed by atoms with Crippen LogP contribution < -0.4 is 5.73 Å². The van der Waals surface area contributed by atoms with Crippen molar-refractivity contribution in [3.63, 3.8) is 0 Å². The maximum absolute atomic E-state index is 12.3. The first kappa shape index (κ1) is 13.1. The molecule has 0 bridgehead atoms. The van der Waals surface area contributed by atoms with Gasteiger partial charge in [0.2, 0.25) is 0 Å². The number of anilines is 1. The van der Waals surface area contributed by atoms with Crippen molar-refractivity contribution in [3.8, 4) is 0 Å². The maximum atomic E-state index is 12.3. The molecule has 1 amide bonds. The van der Waals surface area contributed by atoms with Gasteiger partial charge in [0.25, 0.3) is 5.91 Å². The standard InChI is InChI=1S/C13H17N5O/c1-9-5-4-6-10(16-9)8-17(2)13(19)12-11(14)7-15-18(12)3/h4-7H,8,14H2,1-3H3. The molecule has 6 heteroatoms. The Kier molecular flexibility index (Phi) is 3.50. The molecule has 2 aromatic rings. The average Bonchev–Trinajstić information content (AvgIpc) is 2.68. The highest BCUT2D eigenvalue weighted by atomic mass is 16.2. The molecule has 0 spiro atoms. The molecule has 2 heterocycles. The van der Waals surface area contributed by atoms with Crippen molar-refractivity contribution in [1.29, 1.82) is 0 Å². The van der Waals surface area contributed by atoms with Crippen LogP contribution in [0.4, 0.5) is 5.69 Å². The van der Waals surface area contributed by atoms with Crippen molar-refractivity contribution in [1.82, 2.24) is 19.7 Å². The summed E-state index contributed by atoms with van der Waals surface area (Å²) in [5, 5.41) is 3.97. The Hall–Kier alpha value is -2.37.